The average molecular weight is 634 g/mol. The third-order valence-electron chi connectivity index (χ3n) is 8.33. The second-order valence-electron chi connectivity index (χ2n) is 11.2. The third kappa shape index (κ3) is 5.63. The molecule has 4 heterocycles. The third-order valence-corrected chi connectivity index (χ3v) is 8.33. The average Bonchev–Trinajstić information content (AvgIpc) is 3.48. The molecular formula is C34H31N7O6. The molecule has 13 nitrogen and oxygen atoms in total. The van der Waals surface area contributed by atoms with E-state index in [1.807, 2.05) is 24.5 Å². The van der Waals surface area contributed by atoms with E-state index in [0.29, 0.717) is 29.4 Å². The first-order chi connectivity index (χ1) is 22.9. The zero-order valence-electron chi connectivity index (χ0n) is 25.4. The normalized spacial score (nSPS) is 12.6. The standard InChI is InChI=1S/C34H31N7O6/c1-46-22-15-11-21(12-16-22)41-29-27(31(42)38-33(44)36-29)26(28-30(41)37-34(45)39-32(28)43)20-9-13-23(14-10-20)47-18-6-2-5-17-40-19-35-24-7-3-4-8-25(24)40/h3-4,7-16,19,26H,2,5-6,17-18H2,1H3,(H2,36,38,42,44)(H2,37,39,43,45). The number of benzene rings is 3. The van der Waals surface area contributed by atoms with Crippen molar-refractivity contribution in [1.29, 1.82) is 0 Å². The number of nitrogens with one attached hydrogen (secondary N) is 4. The highest BCUT2D eigenvalue weighted by atomic mass is 16.5. The molecule has 0 amide bonds. The van der Waals surface area contributed by atoms with Crippen LogP contribution in [0.4, 0.5) is 17.3 Å². The summed E-state index contributed by atoms with van der Waals surface area (Å²) in [6.07, 6.45) is 4.71. The molecule has 0 bridgehead atoms. The van der Waals surface area contributed by atoms with Crippen LogP contribution in [-0.2, 0) is 6.54 Å². The first kappa shape index (κ1) is 29.6. The number of aromatic amines is 4. The number of rotatable bonds is 10. The number of anilines is 3. The van der Waals surface area contributed by atoms with E-state index in [0.717, 1.165) is 36.8 Å². The summed E-state index contributed by atoms with van der Waals surface area (Å²) in [7, 11) is 1.53. The van der Waals surface area contributed by atoms with Gasteiger partial charge >= 0.3 is 11.4 Å². The molecule has 1 aliphatic heterocycles. The number of para-hydroxylation sites is 2. The summed E-state index contributed by atoms with van der Waals surface area (Å²) in [5.41, 5.74) is 0.697. The Morgan fingerprint density at radius 2 is 1.36 bits per heavy atom. The summed E-state index contributed by atoms with van der Waals surface area (Å²) in [6.45, 7) is 1.40. The molecule has 0 radical (unpaired) electrons. The highest BCUT2D eigenvalue weighted by Gasteiger charge is 2.38. The van der Waals surface area contributed by atoms with Crippen molar-refractivity contribution in [3.8, 4) is 11.5 Å². The summed E-state index contributed by atoms with van der Waals surface area (Å²) in [4.78, 5) is 67.9. The summed E-state index contributed by atoms with van der Waals surface area (Å²) in [5.74, 6) is 0.562. The second-order valence-corrected chi connectivity index (χ2v) is 11.2. The van der Waals surface area contributed by atoms with E-state index in [2.05, 4.69) is 35.6 Å². The maximum atomic E-state index is 13.4. The number of hydrogen-bond donors (Lipinski definition) is 4. The van der Waals surface area contributed by atoms with Gasteiger partial charge in [-0.15, -0.1) is 0 Å². The fourth-order valence-corrected chi connectivity index (χ4v) is 6.13. The number of aryl methyl sites for hydroxylation is 1. The topological polar surface area (TPSA) is 171 Å². The van der Waals surface area contributed by atoms with E-state index in [1.165, 1.54) is 12.0 Å². The van der Waals surface area contributed by atoms with E-state index >= 15 is 0 Å². The number of unbranched alkanes of at least 4 members (excludes halogenated alkanes) is 2. The monoisotopic (exact) mass is 633 g/mol. The molecule has 0 saturated carbocycles. The van der Waals surface area contributed by atoms with Crippen LogP contribution in [0.25, 0.3) is 11.0 Å². The Morgan fingerprint density at radius 1 is 0.723 bits per heavy atom. The van der Waals surface area contributed by atoms with Crippen molar-refractivity contribution in [2.75, 3.05) is 18.6 Å². The van der Waals surface area contributed by atoms with Gasteiger partial charge in [-0.1, -0.05) is 24.3 Å². The molecule has 3 aromatic carbocycles. The van der Waals surface area contributed by atoms with Gasteiger partial charge in [-0.25, -0.2) is 14.6 Å². The Morgan fingerprint density at radius 3 is 2.02 bits per heavy atom. The van der Waals surface area contributed by atoms with Gasteiger partial charge in [0.2, 0.25) is 0 Å². The van der Waals surface area contributed by atoms with Crippen molar-refractivity contribution in [2.45, 2.75) is 31.7 Å². The predicted molar refractivity (Wildman–Crippen MR) is 177 cm³/mol. The SMILES string of the molecule is COc1ccc(N2c3[nH]c(=O)[nH]c(=O)c3C(c3ccc(OCCCCCn4cnc5ccccc54)cc3)c3c2[nH]c(=O)[nH]c3=O)cc1. The van der Waals surface area contributed by atoms with Crippen molar-refractivity contribution < 1.29 is 9.47 Å². The van der Waals surface area contributed by atoms with Gasteiger partial charge in [-0.3, -0.25) is 34.4 Å². The molecule has 47 heavy (non-hydrogen) atoms. The molecule has 0 saturated heterocycles. The molecule has 238 valence electrons. The highest BCUT2D eigenvalue weighted by Crippen LogP contribution is 2.46. The van der Waals surface area contributed by atoms with Gasteiger partial charge in [0.1, 0.15) is 23.1 Å². The summed E-state index contributed by atoms with van der Waals surface area (Å²) in [5, 5.41) is 0. The number of ether oxygens (including phenoxy) is 2. The van der Waals surface area contributed by atoms with E-state index < -0.39 is 28.4 Å². The number of H-pyrrole nitrogens is 4. The summed E-state index contributed by atoms with van der Waals surface area (Å²) in [6, 6.07) is 21.9. The minimum absolute atomic E-state index is 0.131. The van der Waals surface area contributed by atoms with Gasteiger partial charge in [0.25, 0.3) is 11.1 Å². The quantitative estimate of drug-likeness (QED) is 0.164. The van der Waals surface area contributed by atoms with Gasteiger partial charge in [0, 0.05) is 12.2 Å². The number of fused-ring (bicyclic) bond motifs is 3. The van der Waals surface area contributed by atoms with Gasteiger partial charge < -0.3 is 14.0 Å². The van der Waals surface area contributed by atoms with Crippen LogP contribution in [0, 0.1) is 0 Å². The maximum absolute atomic E-state index is 13.4. The van der Waals surface area contributed by atoms with Gasteiger partial charge in [-0.2, -0.15) is 0 Å². The first-order valence-electron chi connectivity index (χ1n) is 15.2. The Bertz CT molecular complexity index is 2220. The van der Waals surface area contributed by atoms with Crippen molar-refractivity contribution in [3.05, 3.63) is 137 Å². The summed E-state index contributed by atoms with van der Waals surface area (Å²) >= 11 is 0. The minimum Gasteiger partial charge on any atom is -0.497 e. The molecule has 0 fully saturated rings. The lowest BCUT2D eigenvalue weighted by molar-refractivity contribution is 0.304. The molecule has 4 N–H and O–H groups in total. The lowest BCUT2D eigenvalue weighted by atomic mass is 9.83. The number of nitrogens with zero attached hydrogens (tertiary/aromatic N) is 3. The smallest absolute Gasteiger partial charge is 0.327 e. The molecule has 7 rings (SSSR count). The molecule has 0 unspecified atom stereocenters. The lowest BCUT2D eigenvalue weighted by Gasteiger charge is -2.35. The molecule has 0 atom stereocenters. The van der Waals surface area contributed by atoms with Crippen LogP contribution in [-0.4, -0.2) is 43.2 Å². The molecule has 0 spiro atoms. The first-order valence-corrected chi connectivity index (χ1v) is 15.2. The second kappa shape index (κ2) is 12.4. The number of hydrogen-bond acceptors (Lipinski definition) is 8. The van der Waals surface area contributed by atoms with Gasteiger partial charge in [-0.05, 0) is 73.4 Å². The van der Waals surface area contributed by atoms with Crippen LogP contribution in [0.5, 0.6) is 11.5 Å². The van der Waals surface area contributed by atoms with Crippen molar-refractivity contribution in [1.82, 2.24) is 29.5 Å². The molecule has 6 aromatic rings. The van der Waals surface area contributed by atoms with Crippen LogP contribution in [0.15, 0.2) is 98.3 Å². The van der Waals surface area contributed by atoms with Crippen LogP contribution < -0.4 is 36.9 Å². The Kier molecular flexibility index (Phi) is 7.78. The zero-order valence-corrected chi connectivity index (χ0v) is 25.4. The largest absolute Gasteiger partial charge is 0.497 e. The fraction of sp³-hybridized carbons (Fsp3) is 0.206. The Labute approximate surface area is 266 Å². The highest BCUT2D eigenvalue weighted by molar-refractivity contribution is 5.81. The summed E-state index contributed by atoms with van der Waals surface area (Å²) < 4.78 is 13.4. The predicted octanol–water partition coefficient (Wildman–Crippen LogP) is 4.01. The van der Waals surface area contributed by atoms with Crippen molar-refractivity contribution in [2.24, 2.45) is 0 Å². The van der Waals surface area contributed by atoms with Crippen LogP contribution in [0.3, 0.4) is 0 Å². The number of imidazole rings is 1. The fourth-order valence-electron chi connectivity index (χ4n) is 6.13. The maximum Gasteiger partial charge on any atom is 0.327 e. The van der Waals surface area contributed by atoms with E-state index in [-0.39, 0.29) is 22.8 Å². The van der Waals surface area contributed by atoms with E-state index in [9.17, 15) is 19.2 Å². The van der Waals surface area contributed by atoms with E-state index in [4.69, 9.17) is 9.47 Å². The van der Waals surface area contributed by atoms with Gasteiger partial charge in [0.05, 0.1) is 48.1 Å². The molecule has 3 aromatic heterocycles. The lowest BCUT2D eigenvalue weighted by Crippen LogP contribution is -2.40. The Balaban J connectivity index is 1.13. The Hall–Kier alpha value is -6.11. The van der Waals surface area contributed by atoms with Crippen molar-refractivity contribution in [3.63, 3.8) is 0 Å². The zero-order chi connectivity index (χ0) is 32.5. The minimum atomic E-state index is -0.913. The van der Waals surface area contributed by atoms with Gasteiger partial charge in [0.15, 0.2) is 0 Å². The molecule has 0 aliphatic carbocycles. The molecular weight excluding hydrogens is 602 g/mol. The van der Waals surface area contributed by atoms with Crippen LogP contribution in [0.1, 0.15) is 41.9 Å². The molecule has 1 aliphatic rings. The number of aromatic nitrogens is 6. The van der Waals surface area contributed by atoms with E-state index in [1.54, 1.807) is 48.5 Å². The number of methoxy groups -OCH3 is 1. The van der Waals surface area contributed by atoms with Crippen LogP contribution in [0.2, 0.25) is 0 Å². The van der Waals surface area contributed by atoms with Crippen molar-refractivity contribution >= 4 is 28.4 Å². The van der Waals surface area contributed by atoms with Crippen LogP contribution >= 0.6 is 0 Å². The molecule has 13 heteroatoms.